The van der Waals surface area contributed by atoms with Gasteiger partial charge in [-0.3, -0.25) is 4.79 Å². The minimum absolute atomic E-state index is 0.112. The van der Waals surface area contributed by atoms with E-state index in [1.165, 1.54) is 7.11 Å². The second-order valence-corrected chi connectivity index (χ2v) is 4.13. The van der Waals surface area contributed by atoms with Crippen LogP contribution in [0.4, 0.5) is 11.4 Å². The summed E-state index contributed by atoms with van der Waals surface area (Å²) in [5.74, 6) is -0.527. The molecule has 0 atom stereocenters. The number of methoxy groups -OCH3 is 1. The summed E-state index contributed by atoms with van der Waals surface area (Å²) in [6, 6.07) is 3.25. The second kappa shape index (κ2) is 4.13. The van der Waals surface area contributed by atoms with Crippen LogP contribution in [0.3, 0.4) is 0 Å². The Morgan fingerprint density at radius 2 is 2.25 bits per heavy atom. The van der Waals surface area contributed by atoms with Crippen LogP contribution in [0.15, 0.2) is 16.6 Å². The van der Waals surface area contributed by atoms with Gasteiger partial charge >= 0.3 is 5.97 Å². The third-order valence-corrected chi connectivity index (χ3v) is 2.84. The van der Waals surface area contributed by atoms with E-state index in [-0.39, 0.29) is 12.5 Å². The highest BCUT2D eigenvalue weighted by Crippen LogP contribution is 2.34. The normalized spacial score (nSPS) is 13.5. The number of ether oxygens (including phenoxy) is 1. The van der Waals surface area contributed by atoms with Crippen molar-refractivity contribution in [1.29, 1.82) is 0 Å². The predicted molar refractivity (Wildman–Crippen MR) is 62.6 cm³/mol. The number of hydrogen-bond donors (Lipinski definition) is 2. The molecule has 0 spiro atoms. The van der Waals surface area contributed by atoms with E-state index < -0.39 is 5.97 Å². The molecule has 0 saturated heterocycles. The van der Waals surface area contributed by atoms with E-state index in [1.54, 1.807) is 12.1 Å². The lowest BCUT2D eigenvalue weighted by Gasteiger charge is -2.20. The number of carbonyl (C=O) groups excluding carboxylic acids is 2. The summed E-state index contributed by atoms with van der Waals surface area (Å²) >= 11 is 3.30. The van der Waals surface area contributed by atoms with Crippen molar-refractivity contribution >= 4 is 39.2 Å². The number of fused-ring (bicyclic) bond motifs is 1. The number of esters is 1. The highest BCUT2D eigenvalue weighted by Gasteiger charge is 2.19. The molecule has 0 saturated carbocycles. The molecule has 2 rings (SSSR count). The first-order valence-corrected chi connectivity index (χ1v) is 5.36. The molecule has 5 nitrogen and oxygen atoms in total. The smallest absolute Gasteiger partial charge is 0.337 e. The van der Waals surface area contributed by atoms with Crippen molar-refractivity contribution in [2.24, 2.45) is 0 Å². The van der Waals surface area contributed by atoms with Crippen LogP contribution < -0.4 is 10.6 Å². The van der Waals surface area contributed by atoms with Crippen LogP contribution in [0.2, 0.25) is 0 Å². The number of amides is 1. The zero-order valence-corrected chi connectivity index (χ0v) is 10.1. The topological polar surface area (TPSA) is 67.4 Å². The zero-order chi connectivity index (χ0) is 11.7. The number of carbonyl (C=O) groups is 2. The van der Waals surface area contributed by atoms with Crippen molar-refractivity contribution in [1.82, 2.24) is 0 Å². The van der Waals surface area contributed by atoms with Crippen molar-refractivity contribution in [2.45, 2.75) is 0 Å². The lowest BCUT2D eigenvalue weighted by molar-refractivity contribution is -0.114. The monoisotopic (exact) mass is 284 g/mol. The maximum absolute atomic E-state index is 11.4. The van der Waals surface area contributed by atoms with Gasteiger partial charge in [0.2, 0.25) is 5.91 Å². The third-order valence-electron chi connectivity index (χ3n) is 2.22. The number of benzene rings is 1. The fraction of sp³-hybridized carbons (Fsp3) is 0.200. The quantitative estimate of drug-likeness (QED) is 0.769. The summed E-state index contributed by atoms with van der Waals surface area (Å²) in [6.07, 6.45) is 0. The van der Waals surface area contributed by atoms with Crippen molar-refractivity contribution in [3.05, 3.63) is 22.2 Å². The summed E-state index contributed by atoms with van der Waals surface area (Å²) in [4.78, 5) is 22.5. The van der Waals surface area contributed by atoms with Gasteiger partial charge in [0.15, 0.2) is 0 Å². The molecule has 0 aromatic heterocycles. The molecule has 0 unspecified atom stereocenters. The van der Waals surface area contributed by atoms with Crippen LogP contribution in [-0.2, 0) is 9.53 Å². The molecule has 1 aromatic carbocycles. The largest absolute Gasteiger partial charge is 0.465 e. The van der Waals surface area contributed by atoms with Gasteiger partial charge in [0.05, 0.1) is 30.6 Å². The molecule has 1 aromatic rings. The molecule has 16 heavy (non-hydrogen) atoms. The SMILES string of the molecule is COC(=O)c1cc(Br)c2c(c1)NCC(=O)N2. The maximum Gasteiger partial charge on any atom is 0.337 e. The molecule has 0 fully saturated rings. The van der Waals surface area contributed by atoms with Gasteiger partial charge in [0.1, 0.15) is 0 Å². The Bertz CT molecular complexity index is 473. The molecule has 1 heterocycles. The van der Waals surface area contributed by atoms with Crippen LogP contribution in [0.25, 0.3) is 0 Å². The molecular formula is C10H9BrN2O3. The summed E-state index contributed by atoms with van der Waals surface area (Å²) in [5.41, 5.74) is 1.77. The van der Waals surface area contributed by atoms with Crippen LogP contribution >= 0.6 is 15.9 Å². The Hall–Kier alpha value is -1.56. The van der Waals surface area contributed by atoms with Crippen molar-refractivity contribution in [2.75, 3.05) is 24.3 Å². The van der Waals surface area contributed by atoms with E-state index in [0.717, 1.165) is 0 Å². The Labute approximate surface area is 100 Å². The number of rotatable bonds is 1. The number of hydrogen-bond acceptors (Lipinski definition) is 4. The number of nitrogens with one attached hydrogen (secondary N) is 2. The molecule has 0 aliphatic carbocycles. The van der Waals surface area contributed by atoms with Crippen LogP contribution in [0, 0.1) is 0 Å². The molecule has 1 amide bonds. The van der Waals surface area contributed by atoms with E-state index in [0.29, 0.717) is 21.4 Å². The fourth-order valence-electron chi connectivity index (χ4n) is 1.47. The van der Waals surface area contributed by atoms with E-state index in [4.69, 9.17) is 0 Å². The Morgan fingerprint density at radius 1 is 1.50 bits per heavy atom. The summed E-state index contributed by atoms with van der Waals surface area (Å²) in [5, 5.41) is 5.63. The molecule has 6 heteroatoms. The van der Waals surface area contributed by atoms with Crippen LogP contribution in [0.1, 0.15) is 10.4 Å². The Morgan fingerprint density at radius 3 is 2.94 bits per heavy atom. The summed E-state index contributed by atoms with van der Waals surface area (Å²) < 4.78 is 5.27. The second-order valence-electron chi connectivity index (χ2n) is 3.27. The number of anilines is 2. The van der Waals surface area contributed by atoms with Gasteiger partial charge in [-0.15, -0.1) is 0 Å². The van der Waals surface area contributed by atoms with Gasteiger partial charge < -0.3 is 15.4 Å². The average molecular weight is 285 g/mol. The molecule has 2 N–H and O–H groups in total. The lowest BCUT2D eigenvalue weighted by Crippen LogP contribution is -2.27. The molecule has 0 radical (unpaired) electrons. The van der Waals surface area contributed by atoms with Gasteiger partial charge in [-0.2, -0.15) is 0 Å². The van der Waals surface area contributed by atoms with E-state index in [1.807, 2.05) is 0 Å². The fourth-order valence-corrected chi connectivity index (χ4v) is 2.03. The Kier molecular flexibility index (Phi) is 2.82. The first-order valence-electron chi connectivity index (χ1n) is 4.57. The first-order chi connectivity index (χ1) is 7.61. The number of halogens is 1. The van der Waals surface area contributed by atoms with E-state index in [9.17, 15) is 9.59 Å². The van der Waals surface area contributed by atoms with Gasteiger partial charge in [-0.05, 0) is 28.1 Å². The lowest BCUT2D eigenvalue weighted by atomic mass is 10.1. The maximum atomic E-state index is 11.4. The van der Waals surface area contributed by atoms with Gasteiger partial charge in [-0.25, -0.2) is 4.79 Å². The van der Waals surface area contributed by atoms with Crippen molar-refractivity contribution in [3.63, 3.8) is 0 Å². The van der Waals surface area contributed by atoms with Gasteiger partial charge in [-0.1, -0.05) is 0 Å². The van der Waals surface area contributed by atoms with E-state index >= 15 is 0 Å². The first kappa shape index (κ1) is 10.9. The highest BCUT2D eigenvalue weighted by atomic mass is 79.9. The highest BCUT2D eigenvalue weighted by molar-refractivity contribution is 9.10. The predicted octanol–water partition coefficient (Wildman–Crippen LogP) is 1.60. The summed E-state index contributed by atoms with van der Waals surface area (Å²) in [7, 11) is 1.32. The Balaban J connectivity index is 2.46. The van der Waals surface area contributed by atoms with Crippen LogP contribution in [-0.4, -0.2) is 25.5 Å². The minimum atomic E-state index is -0.415. The van der Waals surface area contributed by atoms with Gasteiger partial charge in [0.25, 0.3) is 0 Å². The molecule has 1 aliphatic rings. The van der Waals surface area contributed by atoms with E-state index in [2.05, 4.69) is 31.3 Å². The molecule has 1 aliphatic heterocycles. The zero-order valence-electron chi connectivity index (χ0n) is 8.46. The third kappa shape index (κ3) is 1.88. The molecule has 0 bridgehead atoms. The van der Waals surface area contributed by atoms with Crippen molar-refractivity contribution in [3.8, 4) is 0 Å². The summed E-state index contributed by atoms with van der Waals surface area (Å²) in [6.45, 7) is 0.198. The van der Waals surface area contributed by atoms with Crippen molar-refractivity contribution < 1.29 is 14.3 Å². The molecular weight excluding hydrogens is 276 g/mol. The van der Waals surface area contributed by atoms with Gasteiger partial charge in [0, 0.05) is 4.47 Å². The molecule has 84 valence electrons. The average Bonchev–Trinajstić information content (AvgIpc) is 2.28. The minimum Gasteiger partial charge on any atom is -0.465 e. The van der Waals surface area contributed by atoms with Crippen LogP contribution in [0.5, 0.6) is 0 Å². The standard InChI is InChI=1S/C10H9BrN2O3/c1-16-10(15)5-2-6(11)9-7(3-5)12-4-8(14)13-9/h2-3,12H,4H2,1H3,(H,13,14).